The third kappa shape index (κ3) is 6.32. The minimum atomic E-state index is -0.881. The highest BCUT2D eigenvalue weighted by Crippen LogP contribution is 2.13. The Labute approximate surface area is 116 Å². The summed E-state index contributed by atoms with van der Waals surface area (Å²) in [7, 11) is 0. The fourth-order valence-corrected chi connectivity index (χ4v) is 1.71. The first kappa shape index (κ1) is 16.8. The minimum absolute atomic E-state index is 0.00650. The van der Waals surface area contributed by atoms with E-state index in [9.17, 15) is 9.59 Å². The van der Waals surface area contributed by atoms with Gasteiger partial charge >= 0.3 is 5.97 Å². The lowest BCUT2D eigenvalue weighted by atomic mass is 9.91. The molecule has 0 aliphatic rings. The fraction of sp³-hybridized carbons (Fsp3) is 0.818. The van der Waals surface area contributed by atoms with E-state index in [4.69, 9.17) is 5.11 Å². The summed E-state index contributed by atoms with van der Waals surface area (Å²) in [5.74, 6) is -0.893. The van der Waals surface area contributed by atoms with Crippen LogP contribution in [-0.4, -0.2) is 34.5 Å². The molecule has 0 bridgehead atoms. The number of hydrogen-bond acceptors (Lipinski definition) is 4. The predicted molar refractivity (Wildman–Crippen MR) is 75.2 cm³/mol. The lowest BCUT2D eigenvalue weighted by Gasteiger charge is -2.28. The van der Waals surface area contributed by atoms with Gasteiger partial charge < -0.3 is 10.4 Å². The molecule has 0 radical (unpaired) electrons. The topological polar surface area (TPSA) is 78.4 Å². The Morgan fingerprint density at radius 2 is 1.88 bits per heavy atom. The monoisotopic (exact) mass is 356 g/mol. The van der Waals surface area contributed by atoms with Gasteiger partial charge in [-0.1, -0.05) is 13.8 Å². The Balaban J connectivity index is 4.67. The summed E-state index contributed by atoms with van der Waals surface area (Å²) in [4.78, 5) is 22.8. The van der Waals surface area contributed by atoms with Gasteiger partial charge in [-0.3, -0.25) is 9.59 Å². The number of carboxylic acids is 1. The van der Waals surface area contributed by atoms with Crippen LogP contribution in [0.1, 0.15) is 40.5 Å². The average Bonchev–Trinajstić information content (AvgIpc) is 2.22. The van der Waals surface area contributed by atoms with Crippen LogP contribution < -0.4 is 8.85 Å². The number of carboxylic acid groups (broad SMARTS) is 1. The molecule has 0 aromatic carbocycles. The van der Waals surface area contributed by atoms with Crippen LogP contribution in [0.4, 0.5) is 0 Å². The molecular weight excluding hydrogens is 335 g/mol. The molecule has 0 aromatic rings. The van der Waals surface area contributed by atoms with Gasteiger partial charge in [-0.15, -0.1) is 0 Å². The molecule has 5 nitrogen and oxygen atoms in total. The second-order valence-electron chi connectivity index (χ2n) is 4.89. The molecule has 0 aliphatic carbocycles. The summed E-state index contributed by atoms with van der Waals surface area (Å²) in [6.45, 7) is 7.45. The number of Topliss-reactive ketones (excluding diaryl/α,β-unsaturated/α-hetero) is 1. The Bertz CT molecular complexity index is 280. The van der Waals surface area contributed by atoms with Gasteiger partial charge in [0.15, 0.2) is 5.78 Å². The number of nitrogens with one attached hydrogen (secondary N) is 2. The second-order valence-corrected chi connectivity index (χ2v) is 5.43. The van der Waals surface area contributed by atoms with Gasteiger partial charge in [-0.2, -0.15) is 0 Å². The Kier molecular flexibility index (Phi) is 7.18. The van der Waals surface area contributed by atoms with Crippen LogP contribution in [0, 0.1) is 0 Å². The zero-order valence-electron chi connectivity index (χ0n) is 10.7. The molecule has 0 fully saturated rings. The van der Waals surface area contributed by atoms with Crippen LogP contribution in [0.3, 0.4) is 0 Å². The summed E-state index contributed by atoms with van der Waals surface area (Å²) in [6, 6.07) is -0.286. The van der Waals surface area contributed by atoms with Gasteiger partial charge in [-0.05, 0) is 20.3 Å². The Morgan fingerprint density at radius 3 is 2.24 bits per heavy atom. The van der Waals surface area contributed by atoms with E-state index in [0.717, 1.165) is 0 Å². The first-order valence-corrected chi connectivity index (χ1v) is 6.68. The molecule has 0 saturated carbocycles. The quantitative estimate of drug-likeness (QED) is 0.454. The molecule has 0 rings (SSSR count). The van der Waals surface area contributed by atoms with Gasteiger partial charge in [0, 0.05) is 35.3 Å². The number of rotatable bonds is 8. The molecule has 100 valence electrons. The summed E-state index contributed by atoms with van der Waals surface area (Å²) >= 11 is 1.94. The average molecular weight is 356 g/mol. The highest BCUT2D eigenvalue weighted by atomic mass is 127. The first-order valence-electron chi connectivity index (χ1n) is 5.60. The normalized spacial score (nSPS) is 13.8. The van der Waals surface area contributed by atoms with Gasteiger partial charge in [0.1, 0.15) is 0 Å². The zero-order chi connectivity index (χ0) is 13.6. The van der Waals surface area contributed by atoms with E-state index in [2.05, 4.69) is 8.85 Å². The highest BCUT2D eigenvalue weighted by molar-refractivity contribution is 14.1. The number of carbonyl (C=O) groups is 2. The maximum absolute atomic E-state index is 12.2. The van der Waals surface area contributed by atoms with Crippen molar-refractivity contribution in [3.63, 3.8) is 0 Å². The van der Waals surface area contributed by atoms with E-state index >= 15 is 0 Å². The van der Waals surface area contributed by atoms with E-state index in [1.54, 1.807) is 13.8 Å². The van der Waals surface area contributed by atoms with Crippen molar-refractivity contribution in [3.8, 4) is 0 Å². The maximum Gasteiger partial charge on any atom is 0.303 e. The number of hydrogen-bond donors (Lipinski definition) is 3. The van der Waals surface area contributed by atoms with Crippen molar-refractivity contribution < 1.29 is 14.7 Å². The van der Waals surface area contributed by atoms with E-state index in [1.807, 2.05) is 36.7 Å². The van der Waals surface area contributed by atoms with Crippen LogP contribution >= 0.6 is 22.9 Å². The van der Waals surface area contributed by atoms with Crippen LogP contribution in [0.2, 0.25) is 0 Å². The molecule has 1 unspecified atom stereocenters. The van der Waals surface area contributed by atoms with Crippen molar-refractivity contribution in [1.29, 1.82) is 0 Å². The van der Waals surface area contributed by atoms with E-state index in [-0.39, 0.29) is 18.2 Å². The van der Waals surface area contributed by atoms with Crippen molar-refractivity contribution in [2.24, 2.45) is 0 Å². The summed E-state index contributed by atoms with van der Waals surface area (Å²) < 4.78 is 2.92. The Hall–Kier alpha value is -0.210. The van der Waals surface area contributed by atoms with Crippen LogP contribution in [0.5, 0.6) is 0 Å². The molecule has 0 heterocycles. The highest BCUT2D eigenvalue weighted by Gasteiger charge is 2.33. The predicted octanol–water partition coefficient (Wildman–Crippen LogP) is 1.51. The number of aliphatic carboxylic acids is 1. The van der Waals surface area contributed by atoms with Crippen LogP contribution in [0.15, 0.2) is 0 Å². The molecule has 0 spiro atoms. The third-order valence-electron chi connectivity index (χ3n) is 2.35. The summed E-state index contributed by atoms with van der Waals surface area (Å²) in [6.07, 6.45) is 0.307. The molecule has 0 saturated heterocycles. The smallest absolute Gasteiger partial charge is 0.303 e. The van der Waals surface area contributed by atoms with Crippen molar-refractivity contribution in [1.82, 2.24) is 8.85 Å². The van der Waals surface area contributed by atoms with E-state index < -0.39 is 17.6 Å². The molecule has 0 aromatic heterocycles. The van der Waals surface area contributed by atoms with Crippen LogP contribution in [-0.2, 0) is 9.59 Å². The standard InChI is InChI=1S/C11H21IN2O3/c1-7(2)13-8(5-6-9(15)16)10(17)11(3,4)14-12/h7-8,13-14H,5-6H2,1-4H3,(H,15,16). The van der Waals surface area contributed by atoms with Crippen molar-refractivity contribution in [2.45, 2.75) is 58.2 Å². The molecular formula is C11H21IN2O3. The molecule has 3 N–H and O–H groups in total. The lowest BCUT2D eigenvalue weighted by Crippen LogP contribution is -2.53. The Morgan fingerprint density at radius 1 is 1.35 bits per heavy atom. The van der Waals surface area contributed by atoms with Crippen molar-refractivity contribution in [3.05, 3.63) is 0 Å². The molecule has 6 heteroatoms. The first-order chi connectivity index (χ1) is 7.70. The largest absolute Gasteiger partial charge is 0.481 e. The van der Waals surface area contributed by atoms with E-state index in [1.165, 1.54) is 0 Å². The maximum atomic E-state index is 12.2. The zero-order valence-corrected chi connectivity index (χ0v) is 12.9. The van der Waals surface area contributed by atoms with Crippen molar-refractivity contribution >= 4 is 34.6 Å². The number of carbonyl (C=O) groups excluding carboxylic acids is 1. The summed E-state index contributed by atoms with van der Waals surface area (Å²) in [5, 5.41) is 11.8. The SMILES string of the molecule is CC(C)NC(CCC(=O)O)C(=O)C(C)(C)NI. The van der Waals surface area contributed by atoms with Gasteiger partial charge in [0.25, 0.3) is 0 Å². The fourth-order valence-electron chi connectivity index (χ4n) is 1.44. The van der Waals surface area contributed by atoms with Crippen LogP contribution in [0.25, 0.3) is 0 Å². The molecule has 0 aliphatic heterocycles. The van der Waals surface area contributed by atoms with Gasteiger partial charge in [0.2, 0.25) is 0 Å². The van der Waals surface area contributed by atoms with Gasteiger partial charge in [0.05, 0.1) is 11.6 Å². The minimum Gasteiger partial charge on any atom is -0.481 e. The second kappa shape index (κ2) is 7.27. The summed E-state index contributed by atoms with van der Waals surface area (Å²) in [5.41, 5.74) is -0.661. The number of ketones is 1. The van der Waals surface area contributed by atoms with Gasteiger partial charge in [-0.25, -0.2) is 3.53 Å². The van der Waals surface area contributed by atoms with Crippen molar-refractivity contribution in [2.75, 3.05) is 0 Å². The lowest BCUT2D eigenvalue weighted by molar-refractivity contribution is -0.137. The molecule has 1 atom stereocenters. The number of halogens is 1. The van der Waals surface area contributed by atoms with E-state index in [0.29, 0.717) is 6.42 Å². The third-order valence-corrected chi connectivity index (χ3v) is 3.70. The molecule has 17 heavy (non-hydrogen) atoms. The molecule has 0 amide bonds.